The first-order chi connectivity index (χ1) is 9.76. The van der Waals surface area contributed by atoms with Crippen LogP contribution < -0.4 is 5.32 Å². The number of halogens is 1. The van der Waals surface area contributed by atoms with Crippen LogP contribution in [0.3, 0.4) is 0 Å². The molecule has 1 aromatic heterocycles. The molecule has 0 aliphatic rings. The second kappa shape index (κ2) is 6.08. The summed E-state index contributed by atoms with van der Waals surface area (Å²) in [6, 6.07) is 19.8. The zero-order valence-electron chi connectivity index (χ0n) is 11.3. The molecular formula is C17H16BrNS. The van der Waals surface area contributed by atoms with E-state index in [1.54, 1.807) is 0 Å². The van der Waals surface area contributed by atoms with Crippen molar-refractivity contribution in [3.63, 3.8) is 0 Å². The molecule has 3 rings (SSSR count). The zero-order chi connectivity index (χ0) is 13.9. The van der Waals surface area contributed by atoms with Crippen molar-refractivity contribution in [2.24, 2.45) is 0 Å². The maximum Gasteiger partial charge on any atom is 0.0453 e. The molecule has 3 heteroatoms. The van der Waals surface area contributed by atoms with Gasteiger partial charge in [0.05, 0.1) is 0 Å². The van der Waals surface area contributed by atoms with E-state index in [2.05, 4.69) is 75.8 Å². The van der Waals surface area contributed by atoms with E-state index in [4.69, 9.17) is 0 Å². The fraction of sp³-hybridized carbons (Fsp3) is 0.176. The first-order valence-corrected chi connectivity index (χ1v) is 8.27. The molecule has 1 N–H and O–H groups in total. The van der Waals surface area contributed by atoms with E-state index in [0.29, 0.717) is 6.04 Å². The molecule has 0 aliphatic heterocycles. The summed E-state index contributed by atoms with van der Waals surface area (Å²) in [5.41, 5.74) is 1.34. The Balaban J connectivity index is 1.89. The highest BCUT2D eigenvalue weighted by molar-refractivity contribution is 9.10. The number of hydrogen-bond acceptors (Lipinski definition) is 2. The van der Waals surface area contributed by atoms with E-state index in [1.165, 1.54) is 20.5 Å². The predicted octanol–water partition coefficient (Wildman–Crippen LogP) is 5.17. The fourth-order valence-corrected chi connectivity index (χ4v) is 4.04. The minimum Gasteiger partial charge on any atom is -0.312 e. The van der Waals surface area contributed by atoms with Crippen LogP contribution in [0.25, 0.3) is 10.1 Å². The average Bonchev–Trinajstić information content (AvgIpc) is 2.88. The maximum atomic E-state index is 3.54. The van der Waals surface area contributed by atoms with Gasteiger partial charge in [0.2, 0.25) is 0 Å². The van der Waals surface area contributed by atoms with Crippen LogP contribution in [0.2, 0.25) is 0 Å². The first kappa shape index (κ1) is 13.8. The Morgan fingerprint density at radius 3 is 2.70 bits per heavy atom. The summed E-state index contributed by atoms with van der Waals surface area (Å²) < 4.78 is 2.50. The molecule has 3 aromatic rings. The van der Waals surface area contributed by atoms with Crippen LogP contribution in [0, 0.1) is 0 Å². The van der Waals surface area contributed by atoms with Gasteiger partial charge in [-0.15, -0.1) is 11.3 Å². The van der Waals surface area contributed by atoms with Crippen LogP contribution in [-0.4, -0.2) is 7.05 Å². The van der Waals surface area contributed by atoms with Gasteiger partial charge in [0.1, 0.15) is 0 Å². The summed E-state index contributed by atoms with van der Waals surface area (Å²) in [4.78, 5) is 1.40. The molecule has 0 bridgehead atoms. The van der Waals surface area contributed by atoms with Gasteiger partial charge in [0, 0.05) is 20.1 Å². The van der Waals surface area contributed by atoms with Crippen LogP contribution in [0.1, 0.15) is 16.5 Å². The van der Waals surface area contributed by atoms with Gasteiger partial charge in [-0.1, -0.05) is 46.3 Å². The van der Waals surface area contributed by atoms with E-state index >= 15 is 0 Å². The van der Waals surface area contributed by atoms with Gasteiger partial charge in [-0.05, 0) is 48.7 Å². The van der Waals surface area contributed by atoms with Gasteiger partial charge in [-0.2, -0.15) is 0 Å². The lowest BCUT2D eigenvalue weighted by atomic mass is 10.0. The largest absolute Gasteiger partial charge is 0.312 e. The highest BCUT2D eigenvalue weighted by atomic mass is 79.9. The van der Waals surface area contributed by atoms with E-state index in [0.717, 1.165) is 10.9 Å². The van der Waals surface area contributed by atoms with E-state index in [9.17, 15) is 0 Å². The monoisotopic (exact) mass is 345 g/mol. The number of hydrogen-bond donors (Lipinski definition) is 1. The Kier molecular flexibility index (Phi) is 4.20. The summed E-state index contributed by atoms with van der Waals surface area (Å²) in [5, 5.41) is 4.78. The molecule has 0 saturated carbocycles. The maximum absolute atomic E-state index is 3.54. The van der Waals surface area contributed by atoms with Crippen molar-refractivity contribution < 1.29 is 0 Å². The normalized spacial score (nSPS) is 12.7. The topological polar surface area (TPSA) is 12.0 Å². The summed E-state index contributed by atoms with van der Waals surface area (Å²) in [7, 11) is 2.03. The van der Waals surface area contributed by atoms with Gasteiger partial charge in [0.25, 0.3) is 0 Å². The number of thiophene rings is 1. The SMILES string of the molecule is CNC(Cc1cccc(Br)c1)c1cc2ccccc2s1. The van der Waals surface area contributed by atoms with Gasteiger partial charge < -0.3 is 5.32 Å². The molecule has 1 nitrogen and oxygen atoms in total. The van der Waals surface area contributed by atoms with Crippen LogP contribution in [0.4, 0.5) is 0 Å². The molecule has 0 radical (unpaired) electrons. The van der Waals surface area contributed by atoms with Gasteiger partial charge in [0.15, 0.2) is 0 Å². The Bertz CT molecular complexity index is 687. The van der Waals surface area contributed by atoms with Crippen LogP contribution in [0.15, 0.2) is 59.1 Å². The number of benzene rings is 2. The van der Waals surface area contributed by atoms with Crippen LogP contribution in [-0.2, 0) is 6.42 Å². The van der Waals surface area contributed by atoms with E-state index in [1.807, 2.05) is 18.4 Å². The second-order valence-electron chi connectivity index (χ2n) is 4.86. The van der Waals surface area contributed by atoms with Crippen molar-refractivity contribution in [1.29, 1.82) is 0 Å². The Morgan fingerprint density at radius 1 is 1.10 bits per heavy atom. The molecular weight excluding hydrogens is 330 g/mol. The lowest BCUT2D eigenvalue weighted by molar-refractivity contribution is 0.602. The first-order valence-electron chi connectivity index (χ1n) is 6.66. The van der Waals surface area contributed by atoms with E-state index in [-0.39, 0.29) is 0 Å². The Labute approximate surface area is 131 Å². The smallest absolute Gasteiger partial charge is 0.0453 e. The molecule has 0 amide bonds. The van der Waals surface area contributed by atoms with Crippen molar-refractivity contribution in [2.45, 2.75) is 12.5 Å². The molecule has 2 aromatic carbocycles. The zero-order valence-corrected chi connectivity index (χ0v) is 13.7. The van der Waals surface area contributed by atoms with Crippen molar-refractivity contribution >= 4 is 37.4 Å². The summed E-state index contributed by atoms with van der Waals surface area (Å²) in [6.45, 7) is 0. The number of nitrogens with one attached hydrogen (secondary N) is 1. The minimum atomic E-state index is 0.363. The highest BCUT2D eigenvalue weighted by Crippen LogP contribution is 2.31. The molecule has 0 saturated heterocycles. The minimum absolute atomic E-state index is 0.363. The third-order valence-electron chi connectivity index (χ3n) is 3.47. The molecule has 0 spiro atoms. The van der Waals surface area contributed by atoms with Gasteiger partial charge in [-0.25, -0.2) is 0 Å². The van der Waals surface area contributed by atoms with Crippen LogP contribution >= 0.6 is 27.3 Å². The van der Waals surface area contributed by atoms with Crippen molar-refractivity contribution in [3.8, 4) is 0 Å². The van der Waals surface area contributed by atoms with Crippen LogP contribution in [0.5, 0.6) is 0 Å². The van der Waals surface area contributed by atoms with Crippen molar-refractivity contribution in [1.82, 2.24) is 5.32 Å². The van der Waals surface area contributed by atoms with Crippen molar-refractivity contribution in [2.75, 3.05) is 7.05 Å². The standard InChI is InChI=1S/C17H16BrNS/c1-19-15(10-12-5-4-7-14(18)9-12)17-11-13-6-2-3-8-16(13)20-17/h2-9,11,15,19H,10H2,1H3. The van der Waals surface area contributed by atoms with Crippen molar-refractivity contribution in [3.05, 3.63) is 69.5 Å². The van der Waals surface area contributed by atoms with E-state index < -0.39 is 0 Å². The molecule has 1 heterocycles. The fourth-order valence-electron chi connectivity index (χ4n) is 2.42. The molecule has 0 fully saturated rings. The third kappa shape index (κ3) is 2.95. The highest BCUT2D eigenvalue weighted by Gasteiger charge is 2.13. The molecule has 1 unspecified atom stereocenters. The number of likely N-dealkylation sites (N-methyl/N-ethyl adjacent to an activating group) is 1. The second-order valence-corrected chi connectivity index (χ2v) is 6.89. The number of rotatable bonds is 4. The summed E-state index contributed by atoms with van der Waals surface area (Å²) >= 11 is 5.42. The Hall–Kier alpha value is -1.16. The van der Waals surface area contributed by atoms with Gasteiger partial charge in [-0.3, -0.25) is 0 Å². The molecule has 20 heavy (non-hydrogen) atoms. The van der Waals surface area contributed by atoms with Gasteiger partial charge >= 0.3 is 0 Å². The summed E-state index contributed by atoms with van der Waals surface area (Å²) in [5.74, 6) is 0. The molecule has 0 aliphatic carbocycles. The quantitative estimate of drug-likeness (QED) is 0.687. The lowest BCUT2D eigenvalue weighted by Crippen LogP contribution is -2.17. The molecule has 102 valence electrons. The summed E-state index contributed by atoms with van der Waals surface area (Å²) in [6.07, 6.45) is 1.00. The third-order valence-corrected chi connectivity index (χ3v) is 5.19. The predicted molar refractivity (Wildman–Crippen MR) is 91.5 cm³/mol. The lowest BCUT2D eigenvalue weighted by Gasteiger charge is -2.14. The average molecular weight is 346 g/mol. The Morgan fingerprint density at radius 2 is 1.95 bits per heavy atom. The molecule has 1 atom stereocenters. The number of fused-ring (bicyclic) bond motifs is 1.